The lowest BCUT2D eigenvalue weighted by molar-refractivity contribution is -0.119. The van der Waals surface area contributed by atoms with Gasteiger partial charge in [0, 0.05) is 30.3 Å². The van der Waals surface area contributed by atoms with E-state index in [0.29, 0.717) is 6.42 Å². The molecule has 1 N–H and O–H groups in total. The number of hydrogen-bond acceptors (Lipinski definition) is 3. The number of hydrogen-bond donors (Lipinski definition) is 1. The van der Waals surface area contributed by atoms with Crippen molar-refractivity contribution in [3.63, 3.8) is 0 Å². The highest BCUT2D eigenvalue weighted by molar-refractivity contribution is 5.80. The van der Waals surface area contributed by atoms with E-state index in [9.17, 15) is 4.79 Å². The number of benzene rings is 1. The minimum absolute atomic E-state index is 0.104. The molecule has 2 heterocycles. The molecule has 102 valence electrons. The summed E-state index contributed by atoms with van der Waals surface area (Å²) in [6.07, 6.45) is 3.11. The van der Waals surface area contributed by atoms with Crippen molar-refractivity contribution in [2.24, 2.45) is 0 Å². The molecule has 1 amide bonds. The first-order chi connectivity index (χ1) is 9.72. The van der Waals surface area contributed by atoms with Crippen LogP contribution in [0.1, 0.15) is 29.4 Å². The van der Waals surface area contributed by atoms with E-state index in [2.05, 4.69) is 27.4 Å². The van der Waals surface area contributed by atoms with Gasteiger partial charge in [-0.15, -0.1) is 0 Å². The lowest BCUT2D eigenvalue weighted by atomic mass is 9.91. The van der Waals surface area contributed by atoms with E-state index in [1.807, 2.05) is 31.2 Å². The summed E-state index contributed by atoms with van der Waals surface area (Å²) >= 11 is 0. The molecule has 1 aliphatic rings. The Morgan fingerprint density at radius 2 is 2.05 bits per heavy atom. The molecular weight excluding hydrogens is 250 g/mol. The van der Waals surface area contributed by atoms with E-state index >= 15 is 0 Å². The van der Waals surface area contributed by atoms with Crippen molar-refractivity contribution < 1.29 is 4.79 Å². The van der Waals surface area contributed by atoms with E-state index in [1.165, 1.54) is 5.56 Å². The van der Waals surface area contributed by atoms with Gasteiger partial charge in [0.25, 0.3) is 0 Å². The number of aryl methyl sites for hydroxylation is 1. The number of aromatic nitrogens is 2. The maximum Gasteiger partial charge on any atom is 0.220 e. The molecule has 2 atom stereocenters. The number of amides is 1. The maximum atomic E-state index is 11.8. The number of rotatable bonds is 3. The van der Waals surface area contributed by atoms with Crippen LogP contribution >= 0.6 is 0 Å². The van der Waals surface area contributed by atoms with Crippen LogP contribution in [0.5, 0.6) is 0 Å². The topological polar surface area (TPSA) is 54.9 Å². The molecule has 1 fully saturated rings. The van der Waals surface area contributed by atoms with Gasteiger partial charge in [0.15, 0.2) is 0 Å². The van der Waals surface area contributed by atoms with Crippen molar-refractivity contribution in [2.45, 2.75) is 31.7 Å². The van der Waals surface area contributed by atoms with Gasteiger partial charge in [-0.2, -0.15) is 0 Å². The second-order valence-electron chi connectivity index (χ2n) is 5.20. The summed E-state index contributed by atoms with van der Waals surface area (Å²) in [5, 5.41) is 3.07. The Morgan fingerprint density at radius 3 is 2.80 bits per heavy atom. The summed E-state index contributed by atoms with van der Waals surface area (Å²) in [4.78, 5) is 20.4. The molecule has 3 rings (SSSR count). The highest BCUT2D eigenvalue weighted by Gasteiger charge is 2.34. The summed E-state index contributed by atoms with van der Waals surface area (Å²) in [5.74, 6) is 0.983. The largest absolute Gasteiger partial charge is 0.352 e. The molecule has 0 spiro atoms. The summed E-state index contributed by atoms with van der Waals surface area (Å²) in [6.45, 7) is 1.87. The Balaban J connectivity index is 1.83. The van der Waals surface area contributed by atoms with Crippen molar-refractivity contribution in [2.75, 3.05) is 0 Å². The second-order valence-corrected chi connectivity index (χ2v) is 5.20. The predicted molar refractivity (Wildman–Crippen MR) is 76.2 cm³/mol. The number of nitrogens with one attached hydrogen (secondary N) is 1. The molecule has 4 nitrogen and oxygen atoms in total. The van der Waals surface area contributed by atoms with Gasteiger partial charge in [-0.05, 0) is 25.0 Å². The van der Waals surface area contributed by atoms with Gasteiger partial charge in [-0.25, -0.2) is 9.97 Å². The molecule has 2 unspecified atom stereocenters. The van der Waals surface area contributed by atoms with Crippen molar-refractivity contribution >= 4 is 5.91 Å². The summed E-state index contributed by atoms with van der Waals surface area (Å²) in [7, 11) is 0. The van der Waals surface area contributed by atoms with Gasteiger partial charge >= 0.3 is 0 Å². The first kappa shape index (κ1) is 12.8. The molecule has 1 aromatic heterocycles. The van der Waals surface area contributed by atoms with Crippen LogP contribution in [0.2, 0.25) is 0 Å². The Labute approximate surface area is 118 Å². The van der Waals surface area contributed by atoms with Gasteiger partial charge in [0.2, 0.25) is 5.91 Å². The molecule has 0 radical (unpaired) electrons. The zero-order valence-corrected chi connectivity index (χ0v) is 11.4. The van der Waals surface area contributed by atoms with E-state index in [4.69, 9.17) is 0 Å². The fourth-order valence-corrected chi connectivity index (χ4v) is 2.76. The lowest BCUT2D eigenvalue weighted by Gasteiger charge is -2.18. The third kappa shape index (κ3) is 2.69. The molecular formula is C16H17N3O. The van der Waals surface area contributed by atoms with Crippen LogP contribution < -0.4 is 5.32 Å². The summed E-state index contributed by atoms with van der Waals surface area (Å²) in [5.41, 5.74) is 2.19. The fourth-order valence-electron chi connectivity index (χ4n) is 2.76. The Kier molecular flexibility index (Phi) is 3.46. The van der Waals surface area contributed by atoms with Gasteiger partial charge in [-0.3, -0.25) is 4.79 Å². The van der Waals surface area contributed by atoms with Crippen LogP contribution in [0.15, 0.2) is 42.6 Å². The van der Waals surface area contributed by atoms with E-state index in [-0.39, 0.29) is 17.9 Å². The highest BCUT2D eigenvalue weighted by atomic mass is 16.2. The molecule has 1 aromatic carbocycles. The van der Waals surface area contributed by atoms with Crippen LogP contribution in [0.4, 0.5) is 0 Å². The van der Waals surface area contributed by atoms with E-state index < -0.39 is 0 Å². The van der Waals surface area contributed by atoms with Crippen molar-refractivity contribution in [1.82, 2.24) is 15.3 Å². The van der Waals surface area contributed by atoms with Crippen molar-refractivity contribution in [3.05, 3.63) is 59.7 Å². The minimum atomic E-state index is 0.104. The Hall–Kier alpha value is -2.23. The summed E-state index contributed by atoms with van der Waals surface area (Å²) < 4.78 is 0. The number of nitrogens with zero attached hydrogens (tertiary/aromatic N) is 2. The smallest absolute Gasteiger partial charge is 0.220 e. The van der Waals surface area contributed by atoms with Crippen molar-refractivity contribution in [1.29, 1.82) is 0 Å². The van der Waals surface area contributed by atoms with Crippen LogP contribution in [0.25, 0.3) is 0 Å². The highest BCUT2D eigenvalue weighted by Crippen LogP contribution is 2.29. The molecule has 1 aliphatic heterocycles. The first-order valence-corrected chi connectivity index (χ1v) is 6.85. The molecule has 4 heteroatoms. The second kappa shape index (κ2) is 5.41. The van der Waals surface area contributed by atoms with Gasteiger partial charge in [-0.1, -0.05) is 30.3 Å². The van der Waals surface area contributed by atoms with Gasteiger partial charge in [0.05, 0.1) is 0 Å². The molecule has 20 heavy (non-hydrogen) atoms. The lowest BCUT2D eigenvalue weighted by Crippen LogP contribution is -2.30. The zero-order valence-electron chi connectivity index (χ0n) is 11.4. The molecule has 2 aromatic rings. The molecule has 0 saturated carbocycles. The van der Waals surface area contributed by atoms with Crippen molar-refractivity contribution in [3.8, 4) is 0 Å². The third-order valence-electron chi connectivity index (χ3n) is 3.71. The van der Waals surface area contributed by atoms with Crippen LogP contribution in [-0.4, -0.2) is 21.9 Å². The Bertz CT molecular complexity index is 612. The predicted octanol–water partition coefficient (Wildman–Crippen LogP) is 2.00. The average Bonchev–Trinajstić information content (AvgIpc) is 2.81. The standard InChI is InChI=1S/C16H17N3O/c1-11-17-8-7-14(18-11)13-10-16(20)19-15(13)9-12-5-3-2-4-6-12/h2-8,13,15H,9-10H2,1H3,(H,19,20). The minimum Gasteiger partial charge on any atom is -0.352 e. The average molecular weight is 267 g/mol. The quantitative estimate of drug-likeness (QED) is 0.925. The monoisotopic (exact) mass is 267 g/mol. The third-order valence-corrected chi connectivity index (χ3v) is 3.71. The molecule has 0 bridgehead atoms. The van der Waals surface area contributed by atoms with Gasteiger partial charge in [0.1, 0.15) is 5.82 Å². The normalized spacial score (nSPS) is 21.8. The molecule has 0 aliphatic carbocycles. The number of carbonyl (C=O) groups excluding carboxylic acids is 1. The van der Waals surface area contributed by atoms with Gasteiger partial charge < -0.3 is 5.32 Å². The van der Waals surface area contributed by atoms with E-state index in [0.717, 1.165) is 17.9 Å². The summed E-state index contributed by atoms with van der Waals surface area (Å²) in [6, 6.07) is 12.3. The number of carbonyl (C=O) groups is 1. The maximum absolute atomic E-state index is 11.8. The Morgan fingerprint density at radius 1 is 1.25 bits per heavy atom. The van der Waals surface area contributed by atoms with Crippen LogP contribution in [0, 0.1) is 6.92 Å². The van der Waals surface area contributed by atoms with E-state index in [1.54, 1.807) is 6.20 Å². The SMILES string of the molecule is Cc1nccc(C2CC(=O)NC2Cc2ccccc2)n1. The van der Waals surface area contributed by atoms with Crippen LogP contribution in [0.3, 0.4) is 0 Å². The zero-order chi connectivity index (χ0) is 13.9. The molecule has 1 saturated heterocycles. The fraction of sp³-hybridized carbons (Fsp3) is 0.312. The van der Waals surface area contributed by atoms with Crippen LogP contribution in [-0.2, 0) is 11.2 Å². The first-order valence-electron chi connectivity index (χ1n) is 6.85.